The number of carbonyl (C=O) groups is 1. The summed E-state index contributed by atoms with van der Waals surface area (Å²) in [5, 5.41) is 3.04. The monoisotopic (exact) mass is 452 g/mol. The Bertz CT molecular complexity index is 1020. The minimum Gasteiger partial charge on any atom is -0.495 e. The molecule has 0 spiro atoms. The third-order valence-corrected chi connectivity index (χ3v) is 7.06. The molecule has 2 aromatic rings. The molecule has 0 aromatic heterocycles. The van der Waals surface area contributed by atoms with E-state index in [4.69, 9.17) is 21.1 Å². The fraction of sp³-hybridized carbons (Fsp3) is 0.381. The molecule has 1 fully saturated rings. The maximum Gasteiger partial charge on any atom is 0.255 e. The van der Waals surface area contributed by atoms with E-state index in [1.807, 2.05) is 6.92 Å². The highest BCUT2D eigenvalue weighted by Gasteiger charge is 2.27. The first kappa shape index (κ1) is 22.4. The van der Waals surface area contributed by atoms with Crippen LogP contribution in [0.5, 0.6) is 11.5 Å². The minimum absolute atomic E-state index is 0.116. The van der Waals surface area contributed by atoms with Crippen molar-refractivity contribution in [3.05, 3.63) is 47.0 Å². The average Bonchev–Trinajstić information content (AvgIpc) is 2.75. The van der Waals surface area contributed by atoms with E-state index in [1.165, 1.54) is 35.7 Å². The highest BCUT2D eigenvalue weighted by molar-refractivity contribution is 7.89. The average molecular weight is 453 g/mol. The summed E-state index contributed by atoms with van der Waals surface area (Å²) in [6.07, 6.45) is 2.72. The van der Waals surface area contributed by atoms with E-state index in [9.17, 15) is 13.2 Å². The molecule has 1 N–H and O–H groups in total. The molecule has 0 radical (unpaired) electrons. The molecule has 0 unspecified atom stereocenters. The normalized spacial score (nSPS) is 14.9. The van der Waals surface area contributed by atoms with Gasteiger partial charge in [-0.2, -0.15) is 4.31 Å². The molecule has 30 heavy (non-hydrogen) atoms. The van der Waals surface area contributed by atoms with Crippen molar-refractivity contribution in [3.8, 4) is 11.5 Å². The van der Waals surface area contributed by atoms with E-state index in [-0.39, 0.29) is 10.6 Å². The molecule has 0 saturated carbocycles. The van der Waals surface area contributed by atoms with Gasteiger partial charge in [-0.1, -0.05) is 18.0 Å². The molecule has 3 rings (SSSR count). The number of amides is 1. The van der Waals surface area contributed by atoms with Crippen LogP contribution in [-0.4, -0.2) is 45.4 Å². The van der Waals surface area contributed by atoms with Crippen molar-refractivity contribution in [3.63, 3.8) is 0 Å². The molecular formula is C21H25ClN2O5S. The molecule has 7 nitrogen and oxygen atoms in total. The molecule has 162 valence electrons. The zero-order chi connectivity index (χ0) is 21.7. The largest absolute Gasteiger partial charge is 0.495 e. The summed E-state index contributed by atoms with van der Waals surface area (Å²) in [6, 6.07) is 9.17. The van der Waals surface area contributed by atoms with Crippen LogP contribution in [0.15, 0.2) is 41.3 Å². The number of hydrogen-bond donors (Lipinski definition) is 1. The van der Waals surface area contributed by atoms with E-state index < -0.39 is 15.9 Å². The Kier molecular flexibility index (Phi) is 7.23. The fourth-order valence-electron chi connectivity index (χ4n) is 3.31. The van der Waals surface area contributed by atoms with Gasteiger partial charge < -0.3 is 14.8 Å². The predicted octanol–water partition coefficient (Wildman–Crippen LogP) is 4.17. The number of sulfonamides is 1. The highest BCUT2D eigenvalue weighted by Crippen LogP contribution is 2.31. The lowest BCUT2D eigenvalue weighted by atomic mass is 10.2. The number of rotatable bonds is 7. The Labute approximate surface area is 182 Å². The summed E-state index contributed by atoms with van der Waals surface area (Å²) in [4.78, 5) is 12.9. The third-order valence-electron chi connectivity index (χ3n) is 4.87. The lowest BCUT2D eigenvalue weighted by Gasteiger charge is -2.26. The second-order valence-electron chi connectivity index (χ2n) is 6.86. The highest BCUT2D eigenvalue weighted by atomic mass is 35.5. The topological polar surface area (TPSA) is 84.9 Å². The van der Waals surface area contributed by atoms with Crippen LogP contribution < -0.4 is 14.8 Å². The van der Waals surface area contributed by atoms with Crippen LogP contribution in [0.2, 0.25) is 5.02 Å². The molecule has 1 aliphatic rings. The first-order valence-corrected chi connectivity index (χ1v) is 11.6. The molecule has 1 heterocycles. The number of piperidine rings is 1. The fourth-order valence-corrected chi connectivity index (χ4v) is 5.09. The van der Waals surface area contributed by atoms with E-state index >= 15 is 0 Å². The van der Waals surface area contributed by atoms with Crippen molar-refractivity contribution in [2.45, 2.75) is 31.1 Å². The molecule has 1 aliphatic heterocycles. The number of hydrogen-bond acceptors (Lipinski definition) is 5. The third kappa shape index (κ3) is 4.88. The number of benzene rings is 2. The van der Waals surface area contributed by atoms with Gasteiger partial charge in [0.15, 0.2) is 0 Å². The smallest absolute Gasteiger partial charge is 0.255 e. The quantitative estimate of drug-likeness (QED) is 0.681. The molecule has 2 aromatic carbocycles. The van der Waals surface area contributed by atoms with Gasteiger partial charge in [-0.15, -0.1) is 0 Å². The van der Waals surface area contributed by atoms with Gasteiger partial charge in [0.2, 0.25) is 10.0 Å². The van der Waals surface area contributed by atoms with E-state index in [0.29, 0.717) is 41.8 Å². The number of halogens is 1. The van der Waals surface area contributed by atoms with Crippen molar-refractivity contribution in [1.29, 1.82) is 0 Å². The van der Waals surface area contributed by atoms with Crippen LogP contribution >= 0.6 is 11.6 Å². The van der Waals surface area contributed by atoms with Gasteiger partial charge in [0, 0.05) is 18.7 Å². The summed E-state index contributed by atoms with van der Waals surface area (Å²) in [6.45, 7) is 3.30. The number of methoxy groups -OCH3 is 1. The SMILES string of the molecule is CCOc1ccc(C(=O)Nc2cc(S(=O)(=O)N3CCCCC3)ccc2OC)cc1Cl. The van der Waals surface area contributed by atoms with Crippen LogP contribution in [-0.2, 0) is 10.0 Å². The van der Waals surface area contributed by atoms with E-state index in [1.54, 1.807) is 12.1 Å². The Morgan fingerprint density at radius 3 is 2.43 bits per heavy atom. The minimum atomic E-state index is -3.64. The van der Waals surface area contributed by atoms with E-state index in [2.05, 4.69) is 5.32 Å². The van der Waals surface area contributed by atoms with Gasteiger partial charge >= 0.3 is 0 Å². The number of anilines is 1. The Hall–Kier alpha value is -2.29. The summed E-state index contributed by atoms with van der Waals surface area (Å²) < 4.78 is 38.1. The standard InChI is InChI=1S/C21H25ClN2O5S/c1-3-29-19-9-7-15(13-17(19)22)21(25)23-18-14-16(8-10-20(18)28-2)30(26,27)24-11-5-4-6-12-24/h7-10,13-14H,3-6,11-12H2,1-2H3,(H,23,25). The van der Waals surface area contributed by atoms with Gasteiger partial charge in [0.1, 0.15) is 11.5 Å². The number of ether oxygens (including phenoxy) is 2. The van der Waals surface area contributed by atoms with Crippen LogP contribution in [0.3, 0.4) is 0 Å². The van der Waals surface area contributed by atoms with Crippen molar-refractivity contribution in [2.24, 2.45) is 0 Å². The molecule has 1 saturated heterocycles. The molecule has 9 heteroatoms. The Morgan fingerprint density at radius 1 is 1.10 bits per heavy atom. The number of nitrogens with one attached hydrogen (secondary N) is 1. The first-order chi connectivity index (χ1) is 14.4. The summed E-state index contributed by atoms with van der Waals surface area (Å²) in [7, 11) is -2.18. The summed E-state index contributed by atoms with van der Waals surface area (Å²) in [5.74, 6) is 0.409. The van der Waals surface area contributed by atoms with E-state index in [0.717, 1.165) is 19.3 Å². The first-order valence-electron chi connectivity index (χ1n) is 9.78. The van der Waals surface area contributed by atoms with Crippen LogP contribution in [0.4, 0.5) is 5.69 Å². The maximum atomic E-state index is 13.0. The van der Waals surface area contributed by atoms with Crippen molar-refractivity contribution in [1.82, 2.24) is 4.31 Å². The number of carbonyl (C=O) groups excluding carboxylic acids is 1. The van der Waals surface area contributed by atoms with Gasteiger partial charge in [-0.3, -0.25) is 4.79 Å². The molecule has 0 atom stereocenters. The zero-order valence-electron chi connectivity index (χ0n) is 17.0. The second kappa shape index (κ2) is 9.68. The zero-order valence-corrected chi connectivity index (χ0v) is 18.6. The Balaban J connectivity index is 1.87. The van der Waals surface area contributed by atoms with Gasteiger partial charge in [-0.05, 0) is 56.2 Å². The van der Waals surface area contributed by atoms with Gasteiger partial charge in [0.25, 0.3) is 5.91 Å². The number of nitrogens with zero attached hydrogens (tertiary/aromatic N) is 1. The lowest BCUT2D eigenvalue weighted by Crippen LogP contribution is -2.35. The van der Waals surface area contributed by atoms with Crippen molar-refractivity contribution in [2.75, 3.05) is 32.1 Å². The maximum absolute atomic E-state index is 13.0. The van der Waals surface area contributed by atoms with Crippen LogP contribution in [0.1, 0.15) is 36.5 Å². The van der Waals surface area contributed by atoms with Crippen molar-refractivity contribution >= 4 is 33.2 Å². The molecule has 0 aliphatic carbocycles. The second-order valence-corrected chi connectivity index (χ2v) is 9.20. The van der Waals surface area contributed by atoms with Crippen LogP contribution in [0, 0.1) is 0 Å². The Morgan fingerprint density at radius 2 is 1.80 bits per heavy atom. The molecular weight excluding hydrogens is 428 g/mol. The van der Waals surface area contributed by atoms with Gasteiger partial charge in [0.05, 0.1) is 29.3 Å². The molecule has 1 amide bonds. The lowest BCUT2D eigenvalue weighted by molar-refractivity contribution is 0.102. The summed E-state index contributed by atoms with van der Waals surface area (Å²) >= 11 is 6.17. The summed E-state index contributed by atoms with van der Waals surface area (Å²) in [5.41, 5.74) is 0.584. The van der Waals surface area contributed by atoms with Gasteiger partial charge in [-0.25, -0.2) is 8.42 Å². The van der Waals surface area contributed by atoms with Crippen molar-refractivity contribution < 1.29 is 22.7 Å². The molecule has 0 bridgehead atoms. The van der Waals surface area contributed by atoms with Crippen LogP contribution in [0.25, 0.3) is 0 Å². The predicted molar refractivity (Wildman–Crippen MR) is 116 cm³/mol.